The number of nitrogens with zero attached hydrogens (tertiary/aromatic N) is 4. The van der Waals surface area contributed by atoms with E-state index in [0.29, 0.717) is 48.4 Å². The van der Waals surface area contributed by atoms with E-state index < -0.39 is 0 Å². The monoisotopic (exact) mass is 404 g/mol. The van der Waals surface area contributed by atoms with Crippen LogP contribution in [-0.4, -0.2) is 61.3 Å². The Balaban J connectivity index is 1.93. The molecule has 0 spiro atoms. The maximum atomic E-state index is 10.6. The number of benzene rings is 2. The lowest BCUT2D eigenvalue weighted by Gasteiger charge is -2.08. The summed E-state index contributed by atoms with van der Waals surface area (Å²) >= 11 is 0. The van der Waals surface area contributed by atoms with E-state index in [1.165, 1.54) is 0 Å². The molecule has 3 rings (SSSR count). The van der Waals surface area contributed by atoms with Crippen molar-refractivity contribution in [3.05, 3.63) is 57.6 Å². The number of aliphatic imine (C=N–C) groups is 4. The number of phenols is 2. The van der Waals surface area contributed by atoms with Crippen molar-refractivity contribution in [1.82, 2.24) is 0 Å². The molecule has 4 bridgehead atoms. The molecule has 6 nitrogen and oxygen atoms in total. The van der Waals surface area contributed by atoms with Gasteiger partial charge >= 0.3 is 0 Å². The van der Waals surface area contributed by atoms with Crippen molar-refractivity contribution in [1.29, 1.82) is 0 Å². The third-order valence-corrected chi connectivity index (χ3v) is 4.91. The molecule has 2 aromatic carbocycles. The summed E-state index contributed by atoms with van der Waals surface area (Å²) in [7, 11) is 0. The topological polar surface area (TPSA) is 89.9 Å². The third kappa shape index (κ3) is 5.41. The van der Waals surface area contributed by atoms with Crippen LogP contribution in [0.4, 0.5) is 0 Å². The molecule has 0 unspecified atom stereocenters. The Kier molecular flexibility index (Phi) is 7.49. The van der Waals surface area contributed by atoms with Crippen LogP contribution in [-0.2, 0) is 12.8 Å². The Morgan fingerprint density at radius 3 is 1.07 bits per heavy atom. The van der Waals surface area contributed by atoms with E-state index in [2.05, 4.69) is 33.8 Å². The normalized spacial score (nSPS) is 14.5. The predicted molar refractivity (Wildman–Crippen MR) is 125 cm³/mol. The smallest absolute Gasteiger partial charge is 0.133 e. The number of phenolic OH excluding ortho intramolecular Hbond substituents is 2. The van der Waals surface area contributed by atoms with Crippen molar-refractivity contribution in [2.75, 3.05) is 26.2 Å². The maximum absolute atomic E-state index is 10.6. The first-order chi connectivity index (χ1) is 14.6. The lowest BCUT2D eigenvalue weighted by atomic mass is 10.0. The molecule has 0 aliphatic carbocycles. The van der Waals surface area contributed by atoms with E-state index in [4.69, 9.17) is 0 Å². The molecule has 0 fully saturated rings. The Labute approximate surface area is 177 Å². The molecule has 0 radical (unpaired) electrons. The van der Waals surface area contributed by atoms with Crippen LogP contribution in [0, 0.1) is 0 Å². The first-order valence-corrected chi connectivity index (χ1v) is 10.3. The molecule has 1 aliphatic heterocycles. The van der Waals surface area contributed by atoms with Gasteiger partial charge in [-0.15, -0.1) is 0 Å². The zero-order valence-electron chi connectivity index (χ0n) is 17.5. The largest absolute Gasteiger partial charge is 0.507 e. The molecule has 0 saturated carbocycles. The second kappa shape index (κ2) is 10.5. The fourth-order valence-corrected chi connectivity index (χ4v) is 3.17. The summed E-state index contributed by atoms with van der Waals surface area (Å²) in [5.74, 6) is 0.361. The van der Waals surface area contributed by atoms with Crippen LogP contribution in [0.25, 0.3) is 0 Å². The number of aryl methyl sites for hydroxylation is 2. The Hall–Kier alpha value is -3.28. The number of aromatic hydroxyl groups is 2. The van der Waals surface area contributed by atoms with Crippen LogP contribution in [0.2, 0.25) is 0 Å². The molecule has 0 atom stereocenters. The van der Waals surface area contributed by atoms with Gasteiger partial charge in [0.15, 0.2) is 0 Å². The minimum Gasteiger partial charge on any atom is -0.507 e. The zero-order valence-corrected chi connectivity index (χ0v) is 17.5. The molecule has 30 heavy (non-hydrogen) atoms. The number of rotatable bonds is 2. The summed E-state index contributed by atoms with van der Waals surface area (Å²) in [5.41, 5.74) is 4.94. The summed E-state index contributed by atoms with van der Waals surface area (Å²) in [4.78, 5) is 17.6. The summed E-state index contributed by atoms with van der Waals surface area (Å²) in [5, 5.41) is 21.1. The second-order valence-corrected chi connectivity index (χ2v) is 7.09. The Morgan fingerprint density at radius 1 is 0.567 bits per heavy atom. The molecule has 0 aromatic heterocycles. The van der Waals surface area contributed by atoms with Gasteiger partial charge in [-0.2, -0.15) is 0 Å². The van der Waals surface area contributed by atoms with Gasteiger partial charge in [-0.3, -0.25) is 20.0 Å². The standard InChI is InChI=1S/C24H28N4O2/c1-3-17-9-19-13-25-5-7-27-15-21-11-18(4-2)12-22(24(21)30)16-28-8-6-26-14-20(10-17)23(19)29/h9-16,29-30H,3-8H2,1-2H3. The van der Waals surface area contributed by atoms with Crippen molar-refractivity contribution < 1.29 is 10.2 Å². The highest BCUT2D eigenvalue weighted by Crippen LogP contribution is 2.24. The van der Waals surface area contributed by atoms with E-state index in [0.717, 1.165) is 24.0 Å². The average Bonchev–Trinajstić information content (AvgIpc) is 2.75. The molecule has 2 N–H and O–H groups in total. The molecule has 1 aliphatic rings. The molecule has 6 heteroatoms. The highest BCUT2D eigenvalue weighted by Gasteiger charge is 2.08. The van der Waals surface area contributed by atoms with Gasteiger partial charge in [-0.25, -0.2) is 0 Å². The van der Waals surface area contributed by atoms with Crippen LogP contribution in [0.5, 0.6) is 11.5 Å². The molecule has 2 aromatic rings. The van der Waals surface area contributed by atoms with E-state index in [1.807, 2.05) is 24.3 Å². The quantitative estimate of drug-likeness (QED) is 0.801. The SMILES string of the molecule is CCc1cc2c(O)c(c1)C=NCCN=Cc1cc(CC)cc(c1O)C=NCCN=C2. The minimum atomic E-state index is 0.180. The van der Waals surface area contributed by atoms with Gasteiger partial charge in [-0.05, 0) is 48.2 Å². The molecule has 1 heterocycles. The highest BCUT2D eigenvalue weighted by atomic mass is 16.3. The van der Waals surface area contributed by atoms with Gasteiger partial charge in [0.2, 0.25) is 0 Å². The number of hydrogen-bond acceptors (Lipinski definition) is 6. The van der Waals surface area contributed by atoms with Crippen molar-refractivity contribution in [3.8, 4) is 11.5 Å². The van der Waals surface area contributed by atoms with Gasteiger partial charge in [0.1, 0.15) is 11.5 Å². The highest BCUT2D eigenvalue weighted by molar-refractivity contribution is 5.93. The van der Waals surface area contributed by atoms with Crippen molar-refractivity contribution >= 4 is 24.9 Å². The first kappa shape index (κ1) is 21.4. The summed E-state index contributed by atoms with van der Waals surface area (Å²) < 4.78 is 0. The predicted octanol–water partition coefficient (Wildman–Crippen LogP) is 3.61. The Bertz CT molecular complexity index is 855. The molecule has 0 saturated heterocycles. The third-order valence-electron chi connectivity index (χ3n) is 4.91. The van der Waals surface area contributed by atoms with E-state index in [-0.39, 0.29) is 11.5 Å². The van der Waals surface area contributed by atoms with E-state index in [9.17, 15) is 10.2 Å². The molecular formula is C24H28N4O2. The van der Waals surface area contributed by atoms with Gasteiger partial charge < -0.3 is 10.2 Å². The van der Waals surface area contributed by atoms with Crippen molar-refractivity contribution in [3.63, 3.8) is 0 Å². The minimum absolute atomic E-state index is 0.180. The summed E-state index contributed by atoms with van der Waals surface area (Å²) in [6.45, 7) is 6.08. The fourth-order valence-electron chi connectivity index (χ4n) is 3.17. The van der Waals surface area contributed by atoms with E-state index in [1.54, 1.807) is 24.9 Å². The van der Waals surface area contributed by atoms with Gasteiger partial charge in [-0.1, -0.05) is 13.8 Å². The molecule has 156 valence electrons. The molecular weight excluding hydrogens is 376 g/mol. The van der Waals surface area contributed by atoms with E-state index >= 15 is 0 Å². The van der Waals surface area contributed by atoms with Crippen LogP contribution in [0.1, 0.15) is 47.2 Å². The molecule has 0 amide bonds. The lowest BCUT2D eigenvalue weighted by Crippen LogP contribution is -1.98. The summed E-state index contributed by atoms with van der Waals surface area (Å²) in [6.07, 6.45) is 8.45. The van der Waals surface area contributed by atoms with Gasteiger partial charge in [0.05, 0.1) is 26.2 Å². The first-order valence-electron chi connectivity index (χ1n) is 10.3. The summed E-state index contributed by atoms with van der Waals surface area (Å²) in [6, 6.07) is 7.77. The lowest BCUT2D eigenvalue weighted by molar-refractivity contribution is 0.472. The van der Waals surface area contributed by atoms with Crippen molar-refractivity contribution in [2.24, 2.45) is 20.0 Å². The second-order valence-electron chi connectivity index (χ2n) is 7.09. The maximum Gasteiger partial charge on any atom is 0.133 e. The Morgan fingerprint density at radius 2 is 0.833 bits per heavy atom. The van der Waals surface area contributed by atoms with Crippen molar-refractivity contribution in [2.45, 2.75) is 26.7 Å². The number of hydrogen-bond donors (Lipinski definition) is 2. The zero-order chi connectivity index (χ0) is 21.3. The van der Waals surface area contributed by atoms with Gasteiger partial charge in [0.25, 0.3) is 0 Å². The average molecular weight is 405 g/mol. The number of fused-ring (bicyclic) bond motifs is 4. The van der Waals surface area contributed by atoms with Crippen LogP contribution in [0.3, 0.4) is 0 Å². The van der Waals surface area contributed by atoms with Crippen LogP contribution < -0.4 is 0 Å². The van der Waals surface area contributed by atoms with Gasteiger partial charge in [0, 0.05) is 47.1 Å². The fraction of sp³-hybridized carbons (Fsp3) is 0.333. The van der Waals surface area contributed by atoms with Crippen LogP contribution >= 0.6 is 0 Å². The van der Waals surface area contributed by atoms with Crippen LogP contribution in [0.15, 0.2) is 44.2 Å².